The number of ether oxygens (including phenoxy) is 2. The number of carbonyl (C=O) groups excluding carboxylic acids is 3. The summed E-state index contributed by atoms with van der Waals surface area (Å²) in [5.41, 5.74) is 5.06. The van der Waals surface area contributed by atoms with Gasteiger partial charge in [-0.1, -0.05) is 90.7 Å². The van der Waals surface area contributed by atoms with Gasteiger partial charge in [-0.05, 0) is 108 Å². The summed E-state index contributed by atoms with van der Waals surface area (Å²) >= 11 is 0. The van der Waals surface area contributed by atoms with Gasteiger partial charge in [0.05, 0.1) is 31.2 Å². The molecule has 4 aliphatic heterocycles. The summed E-state index contributed by atoms with van der Waals surface area (Å²) in [5.74, 6) is 4.00. The van der Waals surface area contributed by atoms with Gasteiger partial charge in [0.1, 0.15) is 23.3 Å². The van der Waals surface area contributed by atoms with Crippen molar-refractivity contribution in [1.82, 2.24) is 4.90 Å². The minimum Gasteiger partial charge on any atom is -0.508 e. The largest absolute Gasteiger partial charge is 0.508 e. The fraction of sp³-hybridized carbons (Fsp3) is 0.275. The van der Waals surface area contributed by atoms with Gasteiger partial charge >= 0.3 is 5.97 Å². The average molecular weight is 811 g/mol. The monoisotopic (exact) mass is 810 g/mol. The number of phenols is 1. The summed E-state index contributed by atoms with van der Waals surface area (Å²) in [6.07, 6.45) is 5.56. The summed E-state index contributed by atoms with van der Waals surface area (Å²) in [7, 11) is 0. The number of nitrogens with one attached hydrogen (secondary N) is 2. The molecule has 0 aromatic heterocycles. The minimum absolute atomic E-state index is 0.0489. The molecule has 1 spiro atoms. The third-order valence-electron chi connectivity index (χ3n) is 13.0. The smallest absolute Gasteiger partial charge is 0.324 e. The Morgan fingerprint density at radius 3 is 2.21 bits per heavy atom. The highest BCUT2D eigenvalue weighted by Crippen LogP contribution is 2.65. The number of morpholine rings is 2. The molecule has 0 radical (unpaired) electrons. The number of aromatic hydroxyl groups is 1. The standard InChI is InChI=1S/C51H46N4O6/c56-40-25-19-37(20-26-40)47-51(41-32-34(18-27-42(41)53-50(51)59)17-16-33-10-4-1-5-11-33)43(48(57)52-38-21-23-39(24-22-38)54-28-30-60-31-29-54)45-49(58)61-46(36-14-8-3-9-15-36)44(55(45)47)35-12-6-2-7-13-35/h2-3,6-10,12-15,18-27,32,43-47,56H,1,4-5,11,28-31H2,(H,52,57)(H,53,59)/t43-,44-,45-,46+,47+,51-/m0/s1. The van der Waals surface area contributed by atoms with Crippen molar-refractivity contribution in [2.75, 3.05) is 41.8 Å². The number of amides is 2. The van der Waals surface area contributed by atoms with E-state index in [0.717, 1.165) is 61.2 Å². The van der Waals surface area contributed by atoms with E-state index in [1.54, 1.807) is 24.3 Å². The maximum absolute atomic E-state index is 15.5. The molecule has 61 heavy (non-hydrogen) atoms. The van der Waals surface area contributed by atoms with E-state index in [-0.39, 0.29) is 5.75 Å². The Morgan fingerprint density at radius 2 is 1.51 bits per heavy atom. The van der Waals surface area contributed by atoms with Gasteiger partial charge in [-0.3, -0.25) is 19.3 Å². The van der Waals surface area contributed by atoms with E-state index in [2.05, 4.69) is 38.4 Å². The SMILES string of the molecule is O=C1O[C@H](c2ccccc2)[C@H](c2ccccc2)N2[C@H]1[C@@H](C(=O)Nc1ccc(N3CCOCC3)cc1)[C@]1(C(=O)Nc3ccc(C#CC4=CCCCC4)cc31)[C@H]2c1ccc(O)cc1. The number of fused-ring (bicyclic) bond motifs is 3. The third kappa shape index (κ3) is 6.84. The van der Waals surface area contributed by atoms with Crippen LogP contribution in [0.25, 0.3) is 0 Å². The van der Waals surface area contributed by atoms with Crippen molar-refractivity contribution >= 4 is 34.8 Å². The number of cyclic esters (lactones) is 1. The first-order valence-electron chi connectivity index (χ1n) is 21.2. The number of allylic oxidation sites excluding steroid dienone is 2. The minimum atomic E-state index is -1.67. The van der Waals surface area contributed by atoms with Crippen LogP contribution < -0.4 is 15.5 Å². The van der Waals surface area contributed by atoms with E-state index < -0.39 is 53.3 Å². The molecule has 306 valence electrons. The first-order valence-corrected chi connectivity index (χ1v) is 21.2. The Kier molecular flexibility index (Phi) is 10.1. The molecule has 5 aromatic carbocycles. The number of phenolic OH excluding ortho intramolecular Hbond substituents is 1. The van der Waals surface area contributed by atoms with Gasteiger partial charge in [0.25, 0.3) is 0 Å². The number of esters is 1. The van der Waals surface area contributed by atoms with Gasteiger partial charge in [-0.15, -0.1) is 0 Å². The number of hydrogen-bond acceptors (Lipinski definition) is 8. The molecule has 3 saturated heterocycles. The number of nitrogens with zero attached hydrogens (tertiary/aromatic N) is 2. The third-order valence-corrected chi connectivity index (χ3v) is 13.0. The van der Waals surface area contributed by atoms with Crippen LogP contribution in [0.15, 0.2) is 139 Å². The van der Waals surface area contributed by atoms with Gasteiger partial charge < -0.3 is 30.1 Å². The Balaban J connectivity index is 1.18. The van der Waals surface area contributed by atoms with Gasteiger partial charge in [-0.25, -0.2) is 0 Å². The zero-order valence-electron chi connectivity index (χ0n) is 33.6. The molecule has 10 rings (SSSR count). The van der Waals surface area contributed by atoms with Crippen molar-refractivity contribution in [3.8, 4) is 17.6 Å². The first kappa shape index (κ1) is 38.5. The van der Waals surface area contributed by atoms with E-state index in [4.69, 9.17) is 9.47 Å². The molecular formula is C51H46N4O6. The lowest BCUT2D eigenvalue weighted by Crippen LogP contribution is -2.53. The Labute approximate surface area is 355 Å². The highest BCUT2D eigenvalue weighted by Gasteiger charge is 2.74. The van der Waals surface area contributed by atoms with Crippen LogP contribution >= 0.6 is 0 Å². The van der Waals surface area contributed by atoms with Crippen molar-refractivity contribution in [1.29, 1.82) is 0 Å². The molecule has 10 heteroatoms. The molecule has 1 aliphatic carbocycles. The molecule has 3 fully saturated rings. The van der Waals surface area contributed by atoms with Crippen molar-refractivity contribution in [3.63, 3.8) is 0 Å². The molecule has 3 N–H and O–H groups in total. The summed E-state index contributed by atoms with van der Waals surface area (Å²) in [4.78, 5) is 50.4. The van der Waals surface area contributed by atoms with Crippen LogP contribution in [0.2, 0.25) is 0 Å². The van der Waals surface area contributed by atoms with Crippen LogP contribution in [0.3, 0.4) is 0 Å². The van der Waals surface area contributed by atoms with Crippen LogP contribution in [0.4, 0.5) is 17.1 Å². The molecule has 5 aromatic rings. The van der Waals surface area contributed by atoms with E-state index in [1.807, 2.05) is 103 Å². The molecule has 10 nitrogen and oxygen atoms in total. The maximum Gasteiger partial charge on any atom is 0.324 e. The second-order valence-corrected chi connectivity index (χ2v) is 16.4. The Morgan fingerprint density at radius 1 is 0.787 bits per heavy atom. The van der Waals surface area contributed by atoms with Crippen LogP contribution in [0, 0.1) is 17.8 Å². The number of anilines is 3. The normalized spacial score (nSPS) is 25.7. The molecule has 6 atom stereocenters. The van der Waals surface area contributed by atoms with E-state index in [1.165, 1.54) is 0 Å². The lowest BCUT2D eigenvalue weighted by molar-refractivity contribution is -0.177. The number of carbonyl (C=O) groups is 3. The number of rotatable bonds is 6. The van der Waals surface area contributed by atoms with E-state index in [9.17, 15) is 5.11 Å². The molecule has 5 aliphatic rings. The predicted octanol–water partition coefficient (Wildman–Crippen LogP) is 7.99. The summed E-state index contributed by atoms with van der Waals surface area (Å²) in [5, 5.41) is 16.9. The zero-order chi connectivity index (χ0) is 41.5. The molecule has 2 amide bonds. The van der Waals surface area contributed by atoms with Crippen molar-refractivity contribution < 1.29 is 29.0 Å². The lowest BCUT2D eigenvalue weighted by Gasteiger charge is -2.46. The first-order chi connectivity index (χ1) is 29.9. The predicted molar refractivity (Wildman–Crippen MR) is 233 cm³/mol. The Bertz CT molecular complexity index is 2560. The molecule has 0 bridgehead atoms. The maximum atomic E-state index is 15.5. The van der Waals surface area contributed by atoms with E-state index in [0.29, 0.717) is 41.3 Å². The summed E-state index contributed by atoms with van der Waals surface area (Å²) < 4.78 is 12.1. The van der Waals surface area contributed by atoms with Crippen molar-refractivity contribution in [2.45, 2.75) is 55.3 Å². The van der Waals surface area contributed by atoms with Gasteiger partial charge in [0.2, 0.25) is 11.8 Å². The highest BCUT2D eigenvalue weighted by atomic mass is 16.6. The van der Waals surface area contributed by atoms with Crippen molar-refractivity contribution in [3.05, 3.63) is 167 Å². The Hall–Kier alpha value is -6.67. The van der Waals surface area contributed by atoms with Crippen LogP contribution in [-0.2, 0) is 29.3 Å². The van der Waals surface area contributed by atoms with Gasteiger partial charge in [0, 0.05) is 35.7 Å². The van der Waals surface area contributed by atoms with Gasteiger partial charge in [0.15, 0.2) is 0 Å². The number of benzene rings is 5. The van der Waals surface area contributed by atoms with Crippen molar-refractivity contribution in [2.24, 2.45) is 5.92 Å². The second kappa shape index (κ2) is 16.1. The molecular weight excluding hydrogens is 765 g/mol. The van der Waals surface area contributed by atoms with Crippen LogP contribution in [-0.4, -0.2) is 60.1 Å². The molecule has 4 heterocycles. The van der Waals surface area contributed by atoms with Gasteiger partial charge in [-0.2, -0.15) is 0 Å². The second-order valence-electron chi connectivity index (χ2n) is 16.4. The number of hydrogen-bond donors (Lipinski definition) is 3. The molecule has 0 saturated carbocycles. The summed E-state index contributed by atoms with van der Waals surface area (Å²) in [6, 6.07) is 36.7. The fourth-order valence-corrected chi connectivity index (χ4v) is 10.2. The highest BCUT2D eigenvalue weighted by molar-refractivity contribution is 6.13. The quantitative estimate of drug-likeness (QED) is 0.117. The summed E-state index contributed by atoms with van der Waals surface area (Å²) in [6.45, 7) is 2.81. The fourth-order valence-electron chi connectivity index (χ4n) is 10.2. The average Bonchev–Trinajstić information content (AvgIpc) is 3.78. The lowest BCUT2D eigenvalue weighted by atomic mass is 9.65. The van der Waals surface area contributed by atoms with Crippen LogP contribution in [0.5, 0.6) is 5.75 Å². The van der Waals surface area contributed by atoms with Crippen LogP contribution in [0.1, 0.15) is 71.7 Å². The molecule has 0 unspecified atom stereocenters. The van der Waals surface area contributed by atoms with E-state index >= 15 is 14.4 Å². The topological polar surface area (TPSA) is 120 Å². The zero-order valence-corrected chi connectivity index (χ0v) is 33.6.